The molecule has 5 nitrogen and oxygen atoms in total. The van der Waals surface area contributed by atoms with Crippen LogP contribution in [0, 0.1) is 0 Å². The minimum Gasteiger partial charge on any atom is -0.351 e. The van der Waals surface area contributed by atoms with E-state index in [-0.39, 0.29) is 19.0 Å². The van der Waals surface area contributed by atoms with Gasteiger partial charge in [0, 0.05) is 24.1 Å². The van der Waals surface area contributed by atoms with Gasteiger partial charge in [0.05, 0.1) is 11.8 Å². The van der Waals surface area contributed by atoms with E-state index >= 15 is 0 Å². The van der Waals surface area contributed by atoms with Crippen LogP contribution < -0.4 is 5.32 Å². The number of amides is 1. The molecule has 0 unspecified atom stereocenters. The van der Waals surface area contributed by atoms with Gasteiger partial charge in [-0.3, -0.25) is 4.79 Å². The molecule has 0 saturated heterocycles. The molecule has 1 aromatic rings. The minimum absolute atomic E-state index is 0.216. The van der Waals surface area contributed by atoms with E-state index in [1.165, 1.54) is 10.6 Å². The van der Waals surface area contributed by atoms with E-state index in [1.807, 2.05) is 13.0 Å². The Labute approximate surface area is 134 Å². The summed E-state index contributed by atoms with van der Waals surface area (Å²) >= 11 is 3.32. The van der Waals surface area contributed by atoms with Crippen LogP contribution in [0.1, 0.15) is 30.1 Å². The zero-order chi connectivity index (χ0) is 15.9. The third-order valence-electron chi connectivity index (χ3n) is 3.00. The van der Waals surface area contributed by atoms with Gasteiger partial charge in [-0.25, -0.2) is 12.7 Å². The molecule has 0 aromatic heterocycles. The number of hydrogen-bond acceptors (Lipinski definition) is 3. The van der Waals surface area contributed by atoms with Crippen LogP contribution in [0.25, 0.3) is 0 Å². The molecule has 1 amide bonds. The lowest BCUT2D eigenvalue weighted by Crippen LogP contribution is -2.38. The summed E-state index contributed by atoms with van der Waals surface area (Å²) in [7, 11) is -3.24. The number of hydrogen-bond donors (Lipinski definition) is 1. The monoisotopic (exact) mass is 376 g/mol. The van der Waals surface area contributed by atoms with Crippen LogP contribution in [-0.4, -0.2) is 44.5 Å². The average molecular weight is 377 g/mol. The third kappa shape index (κ3) is 6.15. The largest absolute Gasteiger partial charge is 0.351 e. The molecule has 1 rings (SSSR count). The Morgan fingerprint density at radius 3 is 2.52 bits per heavy atom. The molecule has 0 radical (unpaired) electrons. The van der Waals surface area contributed by atoms with Crippen molar-refractivity contribution in [3.05, 3.63) is 34.3 Å². The highest BCUT2D eigenvalue weighted by Crippen LogP contribution is 2.15. The molecule has 0 bridgehead atoms. The quantitative estimate of drug-likeness (QED) is 0.756. The summed E-state index contributed by atoms with van der Waals surface area (Å²) < 4.78 is 25.4. The predicted molar refractivity (Wildman–Crippen MR) is 87.8 cm³/mol. The Kier molecular flexibility index (Phi) is 7.34. The Bertz CT molecular complexity index is 575. The number of sulfonamides is 1. The first-order valence-corrected chi connectivity index (χ1v) is 9.48. The van der Waals surface area contributed by atoms with Crippen LogP contribution in [0.3, 0.4) is 0 Å². The van der Waals surface area contributed by atoms with Crippen LogP contribution >= 0.6 is 15.9 Å². The molecule has 118 valence electrons. The summed E-state index contributed by atoms with van der Waals surface area (Å²) in [6, 6.07) is 7.12. The van der Waals surface area contributed by atoms with Crippen LogP contribution in [-0.2, 0) is 10.0 Å². The molecular weight excluding hydrogens is 356 g/mol. The highest BCUT2D eigenvalue weighted by Gasteiger charge is 2.16. The zero-order valence-corrected chi connectivity index (χ0v) is 14.7. The number of nitrogens with one attached hydrogen (secondary N) is 1. The smallest absolute Gasteiger partial charge is 0.252 e. The number of halogens is 1. The first-order chi connectivity index (χ1) is 9.86. The minimum atomic E-state index is -3.24. The number of carbonyl (C=O) groups is 1. The topological polar surface area (TPSA) is 66.5 Å². The van der Waals surface area contributed by atoms with Crippen LogP contribution in [0.2, 0.25) is 0 Å². The molecule has 1 N–H and O–H groups in total. The van der Waals surface area contributed by atoms with Crippen molar-refractivity contribution in [2.45, 2.75) is 19.8 Å². The summed E-state index contributed by atoms with van der Waals surface area (Å²) in [5.41, 5.74) is 0.539. The molecule has 0 fully saturated rings. The summed E-state index contributed by atoms with van der Waals surface area (Å²) in [6.45, 7) is 3.07. The molecule has 0 aliphatic heterocycles. The van der Waals surface area contributed by atoms with Crippen LogP contribution in [0.5, 0.6) is 0 Å². The molecule has 0 saturated carbocycles. The van der Waals surface area contributed by atoms with E-state index in [2.05, 4.69) is 21.2 Å². The maximum absolute atomic E-state index is 12.0. The lowest BCUT2D eigenvalue weighted by Gasteiger charge is -2.19. The van der Waals surface area contributed by atoms with E-state index in [0.29, 0.717) is 16.6 Å². The molecule has 0 heterocycles. The second-order valence-electron chi connectivity index (χ2n) is 4.75. The molecular formula is C14H21BrN2O3S. The highest BCUT2D eigenvalue weighted by atomic mass is 79.9. The zero-order valence-electron chi connectivity index (χ0n) is 12.3. The van der Waals surface area contributed by atoms with Gasteiger partial charge in [0.1, 0.15) is 0 Å². The maximum Gasteiger partial charge on any atom is 0.252 e. The van der Waals surface area contributed by atoms with Crippen molar-refractivity contribution in [2.75, 3.05) is 25.9 Å². The van der Waals surface area contributed by atoms with Crippen molar-refractivity contribution in [3.63, 3.8) is 0 Å². The second kappa shape index (κ2) is 8.51. The van der Waals surface area contributed by atoms with Gasteiger partial charge in [0.15, 0.2) is 0 Å². The van der Waals surface area contributed by atoms with Crippen molar-refractivity contribution in [1.82, 2.24) is 9.62 Å². The summed E-state index contributed by atoms with van der Waals surface area (Å²) in [5.74, 6) is -0.216. The Morgan fingerprint density at radius 2 is 1.95 bits per heavy atom. The molecule has 21 heavy (non-hydrogen) atoms. The Morgan fingerprint density at radius 1 is 1.29 bits per heavy atom. The summed E-state index contributed by atoms with van der Waals surface area (Å²) in [5, 5.41) is 2.74. The number of benzene rings is 1. The van der Waals surface area contributed by atoms with Crippen LogP contribution in [0.15, 0.2) is 28.7 Å². The maximum atomic E-state index is 12.0. The van der Waals surface area contributed by atoms with Gasteiger partial charge in [-0.05, 0) is 34.5 Å². The van der Waals surface area contributed by atoms with Crippen molar-refractivity contribution < 1.29 is 13.2 Å². The molecule has 0 aliphatic rings. The van der Waals surface area contributed by atoms with E-state index in [4.69, 9.17) is 0 Å². The SMILES string of the molecule is CCCCN(CCNC(=O)c1ccccc1Br)S(C)(=O)=O. The van der Waals surface area contributed by atoms with Crippen LogP contribution in [0.4, 0.5) is 0 Å². The normalized spacial score (nSPS) is 11.6. The van der Waals surface area contributed by atoms with E-state index in [9.17, 15) is 13.2 Å². The standard InChI is InChI=1S/C14H21BrN2O3S/c1-3-4-10-17(21(2,19)20)11-9-16-14(18)12-7-5-6-8-13(12)15/h5-8H,3-4,9-11H2,1-2H3,(H,16,18). The molecule has 7 heteroatoms. The number of unbranched alkanes of at least 4 members (excludes halogenated alkanes) is 1. The molecule has 1 aromatic carbocycles. The van der Waals surface area contributed by atoms with Gasteiger partial charge in [-0.15, -0.1) is 0 Å². The second-order valence-corrected chi connectivity index (χ2v) is 7.59. The van der Waals surface area contributed by atoms with Gasteiger partial charge in [-0.1, -0.05) is 25.5 Å². The van der Waals surface area contributed by atoms with Crippen molar-refractivity contribution in [1.29, 1.82) is 0 Å². The molecule has 0 aliphatic carbocycles. The first-order valence-electron chi connectivity index (χ1n) is 6.84. The van der Waals surface area contributed by atoms with Gasteiger partial charge in [0.25, 0.3) is 5.91 Å². The van der Waals surface area contributed by atoms with Crippen molar-refractivity contribution >= 4 is 31.9 Å². The van der Waals surface area contributed by atoms with Gasteiger partial charge in [0.2, 0.25) is 10.0 Å². The van der Waals surface area contributed by atoms with E-state index in [0.717, 1.165) is 12.8 Å². The first kappa shape index (κ1) is 18.1. The highest BCUT2D eigenvalue weighted by molar-refractivity contribution is 9.10. The van der Waals surface area contributed by atoms with Crippen molar-refractivity contribution in [2.24, 2.45) is 0 Å². The number of nitrogens with zero attached hydrogens (tertiary/aromatic N) is 1. The fraction of sp³-hybridized carbons (Fsp3) is 0.500. The average Bonchev–Trinajstić information content (AvgIpc) is 2.41. The fourth-order valence-electron chi connectivity index (χ4n) is 1.81. The van der Waals surface area contributed by atoms with Gasteiger partial charge in [-0.2, -0.15) is 0 Å². The van der Waals surface area contributed by atoms with Gasteiger partial charge < -0.3 is 5.32 Å². The molecule has 0 atom stereocenters. The lowest BCUT2D eigenvalue weighted by molar-refractivity contribution is 0.0951. The Hall–Kier alpha value is -0.920. The summed E-state index contributed by atoms with van der Waals surface area (Å²) in [6.07, 6.45) is 2.93. The fourth-order valence-corrected chi connectivity index (χ4v) is 3.16. The van der Waals surface area contributed by atoms with Gasteiger partial charge >= 0.3 is 0 Å². The lowest BCUT2D eigenvalue weighted by atomic mass is 10.2. The molecule has 0 spiro atoms. The van der Waals surface area contributed by atoms with E-state index < -0.39 is 10.0 Å². The van der Waals surface area contributed by atoms with Crippen molar-refractivity contribution in [3.8, 4) is 0 Å². The third-order valence-corrected chi connectivity index (χ3v) is 4.99. The van der Waals surface area contributed by atoms with E-state index in [1.54, 1.807) is 18.2 Å². The predicted octanol–water partition coefficient (Wildman–Crippen LogP) is 2.24. The Balaban J connectivity index is 2.54. The number of carbonyl (C=O) groups excluding carboxylic acids is 1. The summed E-state index contributed by atoms with van der Waals surface area (Å²) in [4.78, 5) is 12.0. The number of rotatable bonds is 8.